The first-order valence-corrected chi connectivity index (χ1v) is 4.28. The van der Waals surface area contributed by atoms with Gasteiger partial charge < -0.3 is 4.90 Å². The van der Waals surface area contributed by atoms with Gasteiger partial charge in [-0.25, -0.2) is 0 Å². The molecule has 0 radical (unpaired) electrons. The summed E-state index contributed by atoms with van der Waals surface area (Å²) in [4.78, 5) is 2.40. The molecule has 0 aromatic heterocycles. The Balaban J connectivity index is 1.95. The van der Waals surface area contributed by atoms with Gasteiger partial charge in [0.15, 0.2) is 0 Å². The Morgan fingerprint density at radius 2 is 2.00 bits per heavy atom. The lowest BCUT2D eigenvalue weighted by atomic mass is 10.1. The van der Waals surface area contributed by atoms with Crippen LogP contribution in [0.4, 0.5) is 0 Å². The number of halogens is 1. The van der Waals surface area contributed by atoms with Crippen LogP contribution < -0.4 is 0 Å². The summed E-state index contributed by atoms with van der Waals surface area (Å²) in [6.45, 7) is 2.54. The summed E-state index contributed by atoms with van der Waals surface area (Å²) in [6, 6.07) is 0. The molecule has 0 saturated carbocycles. The first kappa shape index (κ1) is 5.77. The van der Waals surface area contributed by atoms with Crippen molar-refractivity contribution in [2.45, 2.75) is 6.42 Å². The van der Waals surface area contributed by atoms with E-state index < -0.39 is 0 Å². The topological polar surface area (TPSA) is 3.24 Å². The highest BCUT2D eigenvalue weighted by atomic mass is 127. The lowest BCUT2D eigenvalue weighted by molar-refractivity contribution is 0.244. The molecule has 9 heavy (non-hydrogen) atoms. The van der Waals surface area contributed by atoms with Gasteiger partial charge in [0.25, 0.3) is 0 Å². The second-order valence-corrected chi connectivity index (χ2v) is 3.68. The van der Waals surface area contributed by atoms with E-state index in [9.17, 15) is 0 Å². The van der Waals surface area contributed by atoms with E-state index in [4.69, 9.17) is 0 Å². The summed E-state index contributed by atoms with van der Waals surface area (Å²) in [5.41, 5.74) is 1.44. The third-order valence-corrected chi connectivity index (χ3v) is 2.42. The molecule has 0 bridgehead atoms. The van der Waals surface area contributed by atoms with Gasteiger partial charge in [0.1, 0.15) is 0 Å². The number of allylic oxidation sites excluding steroid dienone is 3. The maximum atomic E-state index is 2.40. The third-order valence-electron chi connectivity index (χ3n) is 1.79. The molecule has 1 nitrogen and oxygen atoms in total. The van der Waals surface area contributed by atoms with E-state index >= 15 is 0 Å². The Bertz CT molecular complexity index is 189. The minimum Gasteiger partial charge on any atom is -0.371 e. The average Bonchev–Trinajstić information content (AvgIpc) is 1.57. The van der Waals surface area contributed by atoms with Crippen molar-refractivity contribution in [3.63, 3.8) is 0 Å². The van der Waals surface area contributed by atoms with Gasteiger partial charge in [0.05, 0.1) is 0 Å². The van der Waals surface area contributed by atoms with Gasteiger partial charge in [-0.1, -0.05) is 0 Å². The smallest absolute Gasteiger partial charge is 0.0387 e. The Morgan fingerprint density at radius 1 is 1.33 bits per heavy atom. The third kappa shape index (κ3) is 0.892. The minimum atomic E-state index is 1.27. The van der Waals surface area contributed by atoms with Crippen LogP contribution in [0.15, 0.2) is 21.4 Å². The molecule has 1 aliphatic heterocycles. The molecule has 1 aliphatic carbocycles. The first-order valence-electron chi connectivity index (χ1n) is 3.20. The van der Waals surface area contributed by atoms with Gasteiger partial charge in [0, 0.05) is 22.4 Å². The van der Waals surface area contributed by atoms with E-state index in [1.54, 1.807) is 0 Å². The Labute approximate surface area is 68.6 Å². The zero-order valence-electron chi connectivity index (χ0n) is 5.10. The van der Waals surface area contributed by atoms with Crippen LogP contribution in [0, 0.1) is 0 Å². The number of hydrogen-bond acceptors (Lipinski definition) is 1. The van der Waals surface area contributed by atoms with E-state index in [2.05, 4.69) is 39.6 Å². The summed E-state index contributed by atoms with van der Waals surface area (Å²) in [5.74, 6) is 0. The molecule has 0 unspecified atom stereocenters. The van der Waals surface area contributed by atoms with Crippen molar-refractivity contribution in [1.29, 1.82) is 0 Å². The van der Waals surface area contributed by atoms with Crippen LogP contribution in [-0.2, 0) is 0 Å². The summed E-state index contributed by atoms with van der Waals surface area (Å²) in [7, 11) is 0. The van der Waals surface area contributed by atoms with Gasteiger partial charge in [-0.05, 0) is 41.2 Å². The molecular weight excluding hydrogens is 225 g/mol. The second-order valence-electron chi connectivity index (χ2n) is 2.44. The van der Waals surface area contributed by atoms with E-state index in [1.165, 1.54) is 28.8 Å². The predicted octanol–water partition coefficient (Wildman–Crippen LogP) is 1.91. The summed E-state index contributed by atoms with van der Waals surface area (Å²) in [5, 5.41) is 0. The molecule has 48 valence electrons. The zero-order valence-corrected chi connectivity index (χ0v) is 7.26. The normalized spacial score (nSPS) is 23.9. The fourth-order valence-electron chi connectivity index (χ4n) is 1.03. The SMILES string of the molecule is IC1=CC(N2CCC2)=C1. The molecule has 0 spiro atoms. The molecule has 0 aromatic rings. The van der Waals surface area contributed by atoms with Crippen molar-refractivity contribution in [2.24, 2.45) is 0 Å². The first-order chi connectivity index (χ1) is 4.36. The number of likely N-dealkylation sites (tertiary alicyclic amines) is 1. The van der Waals surface area contributed by atoms with Crippen LogP contribution in [0.1, 0.15) is 6.42 Å². The summed E-state index contributed by atoms with van der Waals surface area (Å²) in [6.07, 6.45) is 5.85. The van der Waals surface area contributed by atoms with E-state index in [0.29, 0.717) is 0 Å². The van der Waals surface area contributed by atoms with Crippen molar-refractivity contribution in [3.05, 3.63) is 21.4 Å². The monoisotopic (exact) mass is 233 g/mol. The maximum Gasteiger partial charge on any atom is 0.0387 e. The molecule has 1 heterocycles. The van der Waals surface area contributed by atoms with Crippen molar-refractivity contribution in [1.82, 2.24) is 4.90 Å². The van der Waals surface area contributed by atoms with Gasteiger partial charge in [-0.15, -0.1) is 0 Å². The number of rotatable bonds is 1. The Morgan fingerprint density at radius 3 is 2.33 bits per heavy atom. The molecule has 0 N–H and O–H groups in total. The van der Waals surface area contributed by atoms with Crippen LogP contribution in [0.5, 0.6) is 0 Å². The summed E-state index contributed by atoms with van der Waals surface area (Å²) < 4.78 is 1.38. The second kappa shape index (κ2) is 2.01. The highest BCUT2D eigenvalue weighted by Gasteiger charge is 2.18. The maximum absolute atomic E-state index is 2.40. The highest BCUT2D eigenvalue weighted by molar-refractivity contribution is 14.1. The lowest BCUT2D eigenvalue weighted by Gasteiger charge is -2.36. The molecular formula is C7H8IN. The quantitative estimate of drug-likeness (QED) is 0.625. The van der Waals surface area contributed by atoms with Crippen LogP contribution in [0.3, 0.4) is 0 Å². The van der Waals surface area contributed by atoms with Crippen molar-refractivity contribution < 1.29 is 0 Å². The summed E-state index contributed by atoms with van der Waals surface area (Å²) >= 11 is 2.34. The molecule has 2 aliphatic rings. The molecule has 0 aromatic carbocycles. The molecule has 0 atom stereocenters. The molecule has 0 amide bonds. The molecule has 2 rings (SSSR count). The lowest BCUT2D eigenvalue weighted by Crippen LogP contribution is -2.36. The van der Waals surface area contributed by atoms with Crippen LogP contribution >= 0.6 is 22.6 Å². The fourth-order valence-corrected chi connectivity index (χ4v) is 1.66. The van der Waals surface area contributed by atoms with Crippen LogP contribution in [-0.4, -0.2) is 18.0 Å². The van der Waals surface area contributed by atoms with E-state index in [0.717, 1.165) is 0 Å². The van der Waals surface area contributed by atoms with E-state index in [1.807, 2.05) is 0 Å². The number of hydrogen-bond donors (Lipinski definition) is 0. The Hall–Kier alpha value is 0.01000. The van der Waals surface area contributed by atoms with Gasteiger partial charge in [0.2, 0.25) is 0 Å². The minimum absolute atomic E-state index is 1.27. The molecule has 1 fully saturated rings. The standard InChI is InChI=1S/C7H8IN/c8-6-4-7(5-6)9-2-1-3-9/h4-5H,1-3H2. The van der Waals surface area contributed by atoms with Gasteiger partial charge in [-0.3, -0.25) is 0 Å². The number of nitrogens with zero attached hydrogens (tertiary/aromatic N) is 1. The van der Waals surface area contributed by atoms with Crippen LogP contribution in [0.25, 0.3) is 0 Å². The van der Waals surface area contributed by atoms with Gasteiger partial charge >= 0.3 is 0 Å². The van der Waals surface area contributed by atoms with Gasteiger partial charge in [-0.2, -0.15) is 0 Å². The van der Waals surface area contributed by atoms with Crippen molar-refractivity contribution in [2.75, 3.05) is 13.1 Å². The molecule has 2 heteroatoms. The van der Waals surface area contributed by atoms with Crippen molar-refractivity contribution in [3.8, 4) is 0 Å². The zero-order chi connectivity index (χ0) is 6.27. The average molecular weight is 233 g/mol. The van der Waals surface area contributed by atoms with E-state index in [-0.39, 0.29) is 0 Å². The predicted molar refractivity (Wildman–Crippen MR) is 46.4 cm³/mol. The highest BCUT2D eigenvalue weighted by Crippen LogP contribution is 2.28. The molecule has 1 saturated heterocycles. The van der Waals surface area contributed by atoms with Crippen LogP contribution in [0.2, 0.25) is 0 Å². The van der Waals surface area contributed by atoms with Crippen molar-refractivity contribution >= 4 is 22.6 Å². The Kier molecular flexibility index (Phi) is 1.29. The fraction of sp³-hybridized carbons (Fsp3) is 0.429. The largest absolute Gasteiger partial charge is 0.371 e.